The first-order valence-electron chi connectivity index (χ1n) is 8.73. The van der Waals surface area contributed by atoms with E-state index in [2.05, 4.69) is 19.2 Å². The standard InChI is InChI=1S/C16H7F9N4O8/c17-14(18,19)9(30)34-3-5-7(35-10(31)15(20,21)22)8(36-11(32)16(23,24)25)13(4-26,37-5)29-2-1-6(27)28-12(29)33/h1-2,8H,3H2,(H2,27,28,33)/t8-,13?/m0/s1. The van der Waals surface area contributed by atoms with Gasteiger partial charge in [-0.15, -0.1) is 0 Å². The lowest BCUT2D eigenvalue weighted by atomic mass is 10.1. The lowest BCUT2D eigenvalue weighted by Gasteiger charge is -2.29. The van der Waals surface area contributed by atoms with Gasteiger partial charge in [0.1, 0.15) is 11.9 Å². The molecule has 0 radical (unpaired) electrons. The van der Waals surface area contributed by atoms with Crippen LogP contribution in [-0.2, 0) is 39.1 Å². The average molecular weight is 554 g/mol. The Bertz CT molecular complexity index is 1240. The van der Waals surface area contributed by atoms with E-state index in [1.54, 1.807) is 0 Å². The summed E-state index contributed by atoms with van der Waals surface area (Å²) in [6.45, 7) is -1.94. The summed E-state index contributed by atoms with van der Waals surface area (Å²) < 4.78 is 131. The van der Waals surface area contributed by atoms with Crippen molar-refractivity contribution >= 4 is 23.7 Å². The Kier molecular flexibility index (Phi) is 7.38. The van der Waals surface area contributed by atoms with Gasteiger partial charge in [-0.1, -0.05) is 0 Å². The predicted octanol–water partition coefficient (Wildman–Crippen LogP) is 0.929. The van der Waals surface area contributed by atoms with Crippen LogP contribution in [0, 0.1) is 11.3 Å². The molecule has 0 saturated carbocycles. The first kappa shape index (κ1) is 28.7. The van der Waals surface area contributed by atoms with Crippen LogP contribution in [0.2, 0.25) is 0 Å². The van der Waals surface area contributed by atoms with Gasteiger partial charge in [0.15, 0.2) is 18.1 Å². The minimum Gasteiger partial charge on any atom is -0.451 e. The molecule has 1 aromatic heterocycles. The van der Waals surface area contributed by atoms with Gasteiger partial charge in [0, 0.05) is 6.20 Å². The second-order valence-corrected chi connectivity index (χ2v) is 6.45. The molecular weight excluding hydrogens is 547 g/mol. The van der Waals surface area contributed by atoms with Crippen LogP contribution in [-0.4, -0.2) is 58.7 Å². The summed E-state index contributed by atoms with van der Waals surface area (Å²) in [5, 5.41) is 9.64. The molecule has 2 N–H and O–H groups in total. The van der Waals surface area contributed by atoms with E-state index in [0.29, 0.717) is 12.3 Å². The number of nitrogens with zero attached hydrogens (tertiary/aromatic N) is 3. The number of hydrogen-bond donors (Lipinski definition) is 1. The number of nitriles is 1. The van der Waals surface area contributed by atoms with Crippen molar-refractivity contribution in [3.8, 4) is 6.07 Å². The van der Waals surface area contributed by atoms with Crippen LogP contribution in [0.5, 0.6) is 0 Å². The van der Waals surface area contributed by atoms with Crippen molar-refractivity contribution in [2.75, 3.05) is 12.3 Å². The van der Waals surface area contributed by atoms with E-state index in [1.165, 1.54) is 0 Å². The summed E-state index contributed by atoms with van der Waals surface area (Å²) in [5.41, 5.74) is 0.00421. The molecule has 1 aliphatic rings. The number of rotatable bonds is 5. The lowest BCUT2D eigenvalue weighted by molar-refractivity contribution is -0.216. The van der Waals surface area contributed by atoms with Gasteiger partial charge in [-0.3, -0.25) is 0 Å². The second-order valence-electron chi connectivity index (χ2n) is 6.45. The predicted molar refractivity (Wildman–Crippen MR) is 89.7 cm³/mol. The molecule has 2 heterocycles. The fourth-order valence-corrected chi connectivity index (χ4v) is 2.48. The number of esters is 3. The number of ether oxygens (including phenoxy) is 4. The fourth-order valence-electron chi connectivity index (χ4n) is 2.48. The van der Waals surface area contributed by atoms with Crippen LogP contribution in [0.3, 0.4) is 0 Å². The molecule has 37 heavy (non-hydrogen) atoms. The minimum absolute atomic E-state index is 0.0995. The van der Waals surface area contributed by atoms with Crippen LogP contribution in [0.1, 0.15) is 0 Å². The number of carbonyl (C=O) groups is 3. The minimum atomic E-state index is -5.92. The average Bonchev–Trinajstić information content (AvgIpc) is 3.03. The van der Waals surface area contributed by atoms with Crippen LogP contribution in [0.25, 0.3) is 0 Å². The molecule has 2 atom stereocenters. The van der Waals surface area contributed by atoms with Crippen molar-refractivity contribution in [2.24, 2.45) is 0 Å². The highest BCUT2D eigenvalue weighted by molar-refractivity contribution is 5.78. The lowest BCUT2D eigenvalue weighted by Crippen LogP contribution is -2.51. The Labute approximate surface area is 195 Å². The Hall–Kier alpha value is -4.51. The highest BCUT2D eigenvalue weighted by Crippen LogP contribution is 2.42. The summed E-state index contributed by atoms with van der Waals surface area (Å²) in [4.78, 5) is 49.2. The molecule has 0 bridgehead atoms. The largest absolute Gasteiger partial charge is 0.491 e. The SMILES string of the molecule is N#CC1(n2ccc(N)nc2=O)OC(COC(=O)C(F)(F)F)=C(OC(=O)C(F)(F)F)[C@@H]1OC(=O)C(F)(F)F. The van der Waals surface area contributed by atoms with Crippen LogP contribution >= 0.6 is 0 Å². The van der Waals surface area contributed by atoms with Gasteiger partial charge >= 0.3 is 47.9 Å². The molecule has 1 aliphatic heterocycles. The van der Waals surface area contributed by atoms with Gasteiger partial charge in [-0.25, -0.2) is 23.7 Å². The first-order valence-corrected chi connectivity index (χ1v) is 8.73. The molecule has 0 aromatic carbocycles. The molecule has 0 saturated heterocycles. The van der Waals surface area contributed by atoms with Gasteiger partial charge in [-0.2, -0.15) is 49.8 Å². The first-order chi connectivity index (χ1) is 16.7. The number of nitrogen functional groups attached to an aromatic ring is 1. The molecule has 1 unspecified atom stereocenters. The topological polar surface area (TPSA) is 173 Å². The number of alkyl halides is 9. The van der Waals surface area contributed by atoms with Crippen molar-refractivity contribution in [3.63, 3.8) is 0 Å². The smallest absolute Gasteiger partial charge is 0.451 e. The molecule has 0 amide bonds. The van der Waals surface area contributed by atoms with Crippen LogP contribution in [0.4, 0.5) is 45.3 Å². The number of nitrogens with two attached hydrogens (primary N) is 1. The van der Waals surface area contributed by atoms with Crippen molar-refractivity contribution in [3.05, 3.63) is 34.3 Å². The van der Waals surface area contributed by atoms with Crippen LogP contribution in [0.15, 0.2) is 28.6 Å². The third kappa shape index (κ3) is 6.01. The number of anilines is 1. The molecule has 21 heteroatoms. The van der Waals surface area contributed by atoms with Crippen molar-refractivity contribution in [2.45, 2.75) is 30.4 Å². The number of halogens is 9. The van der Waals surface area contributed by atoms with E-state index in [4.69, 9.17) is 10.5 Å². The summed E-state index contributed by atoms with van der Waals surface area (Å²) in [5.74, 6) is -13.7. The highest BCUT2D eigenvalue weighted by Gasteiger charge is 2.61. The Balaban J connectivity index is 2.76. The molecule has 0 aliphatic carbocycles. The molecular formula is C16H7F9N4O8. The third-order valence-corrected chi connectivity index (χ3v) is 3.95. The van der Waals surface area contributed by atoms with E-state index in [9.17, 15) is 64.0 Å². The van der Waals surface area contributed by atoms with Gasteiger partial charge in [-0.05, 0) is 6.07 Å². The van der Waals surface area contributed by atoms with E-state index in [-0.39, 0.29) is 4.57 Å². The van der Waals surface area contributed by atoms with Crippen LogP contribution < -0.4 is 11.4 Å². The van der Waals surface area contributed by atoms with Crippen molar-refractivity contribution in [1.29, 1.82) is 5.26 Å². The molecule has 0 spiro atoms. The van der Waals surface area contributed by atoms with Gasteiger partial charge in [0.2, 0.25) is 6.10 Å². The Morgan fingerprint density at radius 1 is 1.05 bits per heavy atom. The van der Waals surface area contributed by atoms with E-state index in [1.807, 2.05) is 0 Å². The maximum Gasteiger partial charge on any atom is 0.491 e. The second kappa shape index (κ2) is 9.51. The van der Waals surface area contributed by atoms with E-state index < -0.39 is 77.9 Å². The zero-order chi connectivity index (χ0) is 28.6. The van der Waals surface area contributed by atoms with Crippen molar-refractivity contribution in [1.82, 2.24) is 9.55 Å². The molecule has 2 rings (SSSR count). The number of aromatic nitrogens is 2. The quantitative estimate of drug-likeness (QED) is 0.312. The summed E-state index contributed by atoms with van der Waals surface area (Å²) in [6.07, 6.45) is -20.3. The molecule has 1 aromatic rings. The third-order valence-electron chi connectivity index (χ3n) is 3.95. The molecule has 12 nitrogen and oxygen atoms in total. The van der Waals surface area contributed by atoms with E-state index >= 15 is 0 Å². The number of carbonyl (C=O) groups excluding carboxylic acids is 3. The normalized spacial score (nSPS) is 20.1. The fraction of sp³-hybridized carbons (Fsp3) is 0.375. The summed E-state index contributed by atoms with van der Waals surface area (Å²) in [6, 6.07) is 1.68. The number of hydrogen-bond acceptors (Lipinski definition) is 11. The molecule has 202 valence electrons. The Morgan fingerprint density at radius 3 is 2.05 bits per heavy atom. The van der Waals surface area contributed by atoms with E-state index in [0.717, 1.165) is 6.07 Å². The maximum absolute atomic E-state index is 12.9. The Morgan fingerprint density at radius 2 is 1.59 bits per heavy atom. The maximum atomic E-state index is 12.9. The van der Waals surface area contributed by atoms with Gasteiger partial charge in [0.05, 0.1) is 0 Å². The summed E-state index contributed by atoms with van der Waals surface area (Å²) >= 11 is 0. The van der Waals surface area contributed by atoms with Gasteiger partial charge in [0.25, 0.3) is 0 Å². The monoisotopic (exact) mass is 554 g/mol. The highest BCUT2D eigenvalue weighted by atomic mass is 19.4. The zero-order valence-corrected chi connectivity index (χ0v) is 17.0. The van der Waals surface area contributed by atoms with Crippen molar-refractivity contribution < 1.29 is 72.8 Å². The van der Waals surface area contributed by atoms with Gasteiger partial charge < -0.3 is 24.7 Å². The summed E-state index contributed by atoms with van der Waals surface area (Å²) in [7, 11) is 0. The molecule has 0 fully saturated rings. The zero-order valence-electron chi connectivity index (χ0n) is 17.0.